The molecule has 2 aromatic carbocycles. The van der Waals surface area contributed by atoms with Gasteiger partial charge in [-0.15, -0.1) is 12.4 Å². The number of fused-ring (bicyclic) bond motifs is 5. The molecule has 4 aromatic rings. The van der Waals surface area contributed by atoms with Crippen molar-refractivity contribution in [3.63, 3.8) is 0 Å². The number of esters is 2. The molecule has 0 bridgehead atoms. The number of methoxy groups -OCH3 is 1. The Labute approximate surface area is 381 Å². The molecule has 3 aliphatic rings. The number of nitrogens with two attached hydrogens (primary N) is 1. The number of cyclic esters (lactones) is 1. The monoisotopic (exact) mass is 922 g/mol. The summed E-state index contributed by atoms with van der Waals surface area (Å²) in [6.45, 7) is 7.38. The molecular formula is C45H55ClN6O11S. The van der Waals surface area contributed by atoms with E-state index < -0.39 is 66.2 Å². The van der Waals surface area contributed by atoms with Gasteiger partial charge in [-0.05, 0) is 99.8 Å². The molecule has 19 heteroatoms. The van der Waals surface area contributed by atoms with Crippen LogP contribution in [0.3, 0.4) is 0 Å². The first-order chi connectivity index (χ1) is 30.2. The van der Waals surface area contributed by atoms with Gasteiger partial charge in [-0.25, -0.2) is 14.6 Å². The summed E-state index contributed by atoms with van der Waals surface area (Å²) in [5.74, 6) is -1.97. The number of rotatable bonds is 15. The first-order valence-corrected chi connectivity index (χ1v) is 21.5. The molecule has 1 fully saturated rings. The number of aromatic nitrogens is 2. The number of hydrogen-bond donors (Lipinski definition) is 6. The van der Waals surface area contributed by atoms with Gasteiger partial charge >= 0.3 is 11.9 Å². The van der Waals surface area contributed by atoms with Gasteiger partial charge in [0.25, 0.3) is 5.56 Å². The lowest BCUT2D eigenvalue weighted by Crippen LogP contribution is -2.59. The van der Waals surface area contributed by atoms with Crippen molar-refractivity contribution in [2.45, 2.75) is 115 Å². The zero-order chi connectivity index (χ0) is 45.2. The van der Waals surface area contributed by atoms with Crippen LogP contribution in [0.5, 0.6) is 5.75 Å². The van der Waals surface area contributed by atoms with Crippen LogP contribution in [-0.2, 0) is 52.1 Å². The minimum absolute atomic E-state index is 0. The number of hydrogen-bond acceptors (Lipinski definition) is 14. The van der Waals surface area contributed by atoms with E-state index in [1.165, 1.54) is 7.11 Å². The summed E-state index contributed by atoms with van der Waals surface area (Å²) < 4.78 is 30.1. The fraction of sp³-hybridized carbons (Fsp3) is 0.467. The molecule has 64 heavy (non-hydrogen) atoms. The van der Waals surface area contributed by atoms with Crippen LogP contribution in [0.15, 0.2) is 65.5 Å². The summed E-state index contributed by atoms with van der Waals surface area (Å²) in [5, 5.41) is 30.9. The molecule has 8 atom stereocenters. The van der Waals surface area contributed by atoms with E-state index in [1.807, 2.05) is 44.2 Å². The van der Waals surface area contributed by atoms with Gasteiger partial charge < -0.3 is 60.1 Å². The predicted molar refractivity (Wildman–Crippen MR) is 243 cm³/mol. The number of para-hydroxylation sites is 1. The third-order valence-corrected chi connectivity index (χ3v) is 11.9. The molecule has 0 radical (unpaired) electrons. The first-order valence-electron chi connectivity index (χ1n) is 21.1. The maximum Gasteiger partial charge on any atom is 0.355 e. The van der Waals surface area contributed by atoms with Crippen LogP contribution in [0.25, 0.3) is 22.3 Å². The maximum atomic E-state index is 14.3. The molecule has 0 spiro atoms. The van der Waals surface area contributed by atoms with Crippen molar-refractivity contribution < 1.29 is 48.3 Å². The minimum atomic E-state index is -1.97. The number of anilines is 1. The fourth-order valence-electron chi connectivity index (χ4n) is 8.32. The second-order valence-electron chi connectivity index (χ2n) is 16.5. The lowest BCUT2D eigenvalue weighted by molar-refractivity contribution is -0.272. The van der Waals surface area contributed by atoms with E-state index in [9.17, 15) is 29.4 Å². The number of aliphatic hydroxyl groups is 2. The van der Waals surface area contributed by atoms with E-state index in [0.717, 1.165) is 16.5 Å². The number of thiocarbonyl (C=S) groups is 1. The summed E-state index contributed by atoms with van der Waals surface area (Å²) in [5.41, 5.74) is 7.18. The molecule has 1 saturated heterocycles. The fourth-order valence-corrected chi connectivity index (χ4v) is 8.58. The maximum absolute atomic E-state index is 14.3. The number of carbonyl (C=O) groups is 3. The van der Waals surface area contributed by atoms with Crippen molar-refractivity contribution in [2.75, 3.05) is 19.0 Å². The third kappa shape index (κ3) is 9.73. The highest BCUT2D eigenvalue weighted by molar-refractivity contribution is 7.80. The van der Waals surface area contributed by atoms with Gasteiger partial charge in [-0.3, -0.25) is 9.59 Å². The van der Waals surface area contributed by atoms with E-state index in [4.69, 9.17) is 46.6 Å². The number of nitrogens with one attached hydrogen (secondary N) is 3. The van der Waals surface area contributed by atoms with E-state index >= 15 is 0 Å². The van der Waals surface area contributed by atoms with Crippen LogP contribution in [0.1, 0.15) is 70.1 Å². The van der Waals surface area contributed by atoms with Crippen LogP contribution >= 0.6 is 24.6 Å². The van der Waals surface area contributed by atoms with Crippen molar-refractivity contribution in [2.24, 2.45) is 11.7 Å². The quantitative estimate of drug-likeness (QED) is 0.0651. The molecular weight excluding hydrogens is 868 g/mol. The van der Waals surface area contributed by atoms with E-state index in [-0.39, 0.29) is 79.1 Å². The number of benzene rings is 2. The molecule has 7 N–H and O–H groups in total. The van der Waals surface area contributed by atoms with Gasteiger partial charge in [0, 0.05) is 29.3 Å². The Morgan fingerprint density at radius 2 is 1.80 bits per heavy atom. The number of aliphatic hydroxyl groups excluding tert-OH is 2. The first kappa shape index (κ1) is 48.3. The molecule has 1 unspecified atom stereocenters. The van der Waals surface area contributed by atoms with Crippen molar-refractivity contribution in [1.82, 2.24) is 20.2 Å². The number of nitrogens with zero attached hydrogens (tertiary/aromatic N) is 2. The van der Waals surface area contributed by atoms with Crippen LogP contribution in [0.2, 0.25) is 0 Å². The minimum Gasteiger partial charge on any atom is -0.462 e. The molecule has 1 amide bonds. The molecule has 0 saturated carbocycles. The smallest absolute Gasteiger partial charge is 0.355 e. The number of carbonyl (C=O) groups excluding carboxylic acids is 3. The van der Waals surface area contributed by atoms with Crippen LogP contribution in [0.4, 0.5) is 5.69 Å². The molecule has 3 aliphatic heterocycles. The zero-order valence-corrected chi connectivity index (χ0v) is 37.8. The van der Waals surface area contributed by atoms with Crippen LogP contribution < -0.4 is 32.0 Å². The molecule has 0 aliphatic carbocycles. The highest BCUT2D eigenvalue weighted by Gasteiger charge is 2.51. The Balaban J connectivity index is 0.00000680. The Morgan fingerprint density at radius 3 is 2.48 bits per heavy atom. The lowest BCUT2D eigenvalue weighted by atomic mass is 9.85. The summed E-state index contributed by atoms with van der Waals surface area (Å²) in [4.78, 5) is 61.1. The second-order valence-corrected chi connectivity index (χ2v) is 16.9. The summed E-state index contributed by atoms with van der Waals surface area (Å²) in [6, 6.07) is 15.8. The van der Waals surface area contributed by atoms with E-state index in [0.29, 0.717) is 29.2 Å². The molecule has 2 aromatic heterocycles. The average molecular weight is 923 g/mol. The standard InChI is InChI=1S/C45H54N6O11S.ClH/c1-6-45(30-20-34-35-26(19-25-10-7-8-11-31(25)48-35)21-51(34)40(55)29(30)22-59-43(45)57)62-41(56)33(18-23(2)3)49-39(54)32(12-9-17-46)50-44(63)47-27-13-15-28(16-14-27)61-42-37(53)38(58-5)36(52)24(4)60-42;/h7-8,10-11,13-16,19-20,23-24,32-33,36-38,42,52-53H,6,9,12,17-18,21-22,46H2,1-5H3,(H,49,54)(H2,47,50,63);1H/t24-,32-,33+,36+,37-,38+,42?,45-;/m0./s1. The lowest BCUT2D eigenvalue weighted by Gasteiger charge is -2.40. The molecule has 17 nitrogen and oxygen atoms in total. The summed E-state index contributed by atoms with van der Waals surface area (Å²) in [6.07, 6.45) is -4.07. The summed E-state index contributed by atoms with van der Waals surface area (Å²) >= 11 is 5.60. The normalized spacial score (nSPS) is 23.1. The average Bonchev–Trinajstić information content (AvgIpc) is 3.62. The van der Waals surface area contributed by atoms with E-state index in [2.05, 4.69) is 16.0 Å². The van der Waals surface area contributed by atoms with E-state index in [1.54, 1.807) is 48.7 Å². The van der Waals surface area contributed by atoms with Crippen LogP contribution in [-0.4, -0.2) is 99.2 Å². The number of halogens is 1. The van der Waals surface area contributed by atoms with Gasteiger partial charge in [-0.2, -0.15) is 0 Å². The number of pyridine rings is 2. The van der Waals surface area contributed by atoms with Gasteiger partial charge in [0.05, 0.1) is 35.1 Å². The van der Waals surface area contributed by atoms with Gasteiger partial charge in [-0.1, -0.05) is 39.0 Å². The Kier molecular flexibility index (Phi) is 15.3. The van der Waals surface area contributed by atoms with Gasteiger partial charge in [0.2, 0.25) is 17.8 Å². The van der Waals surface area contributed by atoms with Crippen molar-refractivity contribution >= 4 is 64.2 Å². The number of ether oxygens (including phenoxy) is 5. The highest BCUT2D eigenvalue weighted by atomic mass is 35.5. The molecule has 344 valence electrons. The van der Waals surface area contributed by atoms with Crippen molar-refractivity contribution in [1.29, 1.82) is 0 Å². The van der Waals surface area contributed by atoms with Crippen molar-refractivity contribution in [3.05, 3.63) is 87.7 Å². The van der Waals surface area contributed by atoms with Crippen LogP contribution in [0, 0.1) is 5.92 Å². The highest BCUT2D eigenvalue weighted by Crippen LogP contribution is 2.41. The Hall–Kier alpha value is -5.21. The Morgan fingerprint density at radius 1 is 1.06 bits per heavy atom. The molecule has 5 heterocycles. The largest absolute Gasteiger partial charge is 0.462 e. The zero-order valence-electron chi connectivity index (χ0n) is 36.2. The third-order valence-electron chi connectivity index (χ3n) is 11.7. The SMILES string of the molecule is CC[C@@]1(OC(=O)[C@@H](CC(C)C)NC(=O)[C@H](CCCN)NC(=S)Nc2ccc(OC3O[C@@H](C)[C@@H](O)[C@@H](OC)[C@@H]3O)cc2)C(=O)OCc2c1cc1n(c2=O)Cc2cc3ccccc3nc2-1.Cl. The predicted octanol–water partition coefficient (Wildman–Crippen LogP) is 3.54. The summed E-state index contributed by atoms with van der Waals surface area (Å²) in [7, 11) is 1.39. The molecule has 7 rings (SSSR count). The Bertz CT molecular complexity index is 2440. The second kappa shape index (κ2) is 20.3. The number of amides is 1. The van der Waals surface area contributed by atoms with Gasteiger partial charge in [0.1, 0.15) is 42.8 Å². The van der Waals surface area contributed by atoms with Gasteiger partial charge in [0.15, 0.2) is 5.11 Å². The van der Waals surface area contributed by atoms with Crippen molar-refractivity contribution in [3.8, 4) is 17.1 Å². The topological polar surface area (TPSA) is 235 Å².